The number of hydrogen-bond donors (Lipinski definition) is 4. The molecule has 1 aliphatic rings. The minimum absolute atomic E-state index is 0.315. The summed E-state index contributed by atoms with van der Waals surface area (Å²) in [5.41, 5.74) is 2.07. The molecule has 0 aliphatic carbocycles. The van der Waals surface area contributed by atoms with Crippen LogP contribution in [0.5, 0.6) is 0 Å². The van der Waals surface area contributed by atoms with E-state index in [-0.39, 0.29) is 0 Å². The Morgan fingerprint density at radius 1 is 1.29 bits per heavy atom. The molecule has 3 heterocycles. The van der Waals surface area contributed by atoms with Crippen LogP contribution in [0.25, 0.3) is 11.2 Å². The number of nitrogens with zero attached hydrogens (tertiary/aromatic N) is 4. The molecule has 1 aliphatic heterocycles. The highest BCUT2D eigenvalue weighted by Gasteiger charge is 2.45. The van der Waals surface area contributed by atoms with Crippen molar-refractivity contribution in [3.63, 3.8) is 0 Å². The van der Waals surface area contributed by atoms with Crippen LogP contribution in [0.15, 0.2) is 36.9 Å². The van der Waals surface area contributed by atoms with Crippen molar-refractivity contribution in [1.29, 1.82) is 0 Å². The molecule has 0 amide bonds. The number of terminal acetylenes is 1. The standard InChI is InChI=1S/C18H18N6O6S/c1-2-10-4-3-5-11(6-10)23-16-13-17(21-8-20-16)24(9-22-13)18-15(26)14(25)12(30-18)7-29-31(19,27)28/h1,3-6,8-9,12,14-15,18,25-26H,7H2,(H2,19,27,28)(H,20,21,23). The Bertz CT molecular complexity index is 1260. The van der Waals surface area contributed by atoms with Crippen molar-refractivity contribution in [2.45, 2.75) is 24.5 Å². The Kier molecular flexibility index (Phi) is 5.58. The molecule has 4 atom stereocenters. The van der Waals surface area contributed by atoms with Crippen molar-refractivity contribution in [3.05, 3.63) is 42.5 Å². The van der Waals surface area contributed by atoms with Crippen LogP contribution in [-0.2, 0) is 19.2 Å². The highest BCUT2D eigenvalue weighted by atomic mass is 32.2. The van der Waals surface area contributed by atoms with Gasteiger partial charge in [-0.15, -0.1) is 6.42 Å². The predicted molar refractivity (Wildman–Crippen MR) is 108 cm³/mol. The van der Waals surface area contributed by atoms with E-state index in [1.165, 1.54) is 17.2 Å². The third-order valence-corrected chi connectivity index (χ3v) is 5.12. The quantitative estimate of drug-likeness (QED) is 0.358. The molecule has 1 fully saturated rings. The number of benzene rings is 1. The zero-order valence-electron chi connectivity index (χ0n) is 15.9. The lowest BCUT2D eigenvalue weighted by Crippen LogP contribution is -2.35. The molecular weight excluding hydrogens is 428 g/mol. The fraction of sp³-hybridized carbons (Fsp3) is 0.278. The van der Waals surface area contributed by atoms with Crippen LogP contribution in [0.3, 0.4) is 0 Å². The van der Waals surface area contributed by atoms with Crippen LogP contribution in [-0.4, -0.2) is 63.1 Å². The number of ether oxygens (including phenoxy) is 1. The van der Waals surface area contributed by atoms with Crippen LogP contribution < -0.4 is 10.5 Å². The van der Waals surface area contributed by atoms with E-state index in [1.807, 2.05) is 6.07 Å². The van der Waals surface area contributed by atoms with E-state index < -0.39 is 41.5 Å². The van der Waals surface area contributed by atoms with E-state index in [0.29, 0.717) is 28.2 Å². The number of fused-ring (bicyclic) bond motifs is 1. The van der Waals surface area contributed by atoms with E-state index in [0.717, 1.165) is 0 Å². The van der Waals surface area contributed by atoms with Crippen LogP contribution in [0.2, 0.25) is 0 Å². The summed E-state index contributed by atoms with van der Waals surface area (Å²) in [5.74, 6) is 2.94. The van der Waals surface area contributed by atoms with Gasteiger partial charge in [0.15, 0.2) is 23.2 Å². The van der Waals surface area contributed by atoms with Gasteiger partial charge in [0.05, 0.1) is 12.9 Å². The van der Waals surface area contributed by atoms with Crippen molar-refractivity contribution >= 4 is 33.0 Å². The number of nitrogens with two attached hydrogens (primary N) is 1. The van der Waals surface area contributed by atoms with E-state index in [9.17, 15) is 18.6 Å². The lowest BCUT2D eigenvalue weighted by molar-refractivity contribution is -0.0467. The second-order valence-corrected chi connectivity index (χ2v) is 7.94. The summed E-state index contributed by atoms with van der Waals surface area (Å²) in [5, 5.41) is 28.5. The Labute approximate surface area is 176 Å². The number of hydrogen-bond acceptors (Lipinski definition) is 10. The second-order valence-electron chi connectivity index (χ2n) is 6.72. The summed E-state index contributed by atoms with van der Waals surface area (Å²) in [6, 6.07) is 7.15. The third-order valence-electron chi connectivity index (χ3n) is 4.66. The Balaban J connectivity index is 1.61. The van der Waals surface area contributed by atoms with Gasteiger partial charge in [-0.3, -0.25) is 8.75 Å². The molecule has 0 saturated carbocycles. The lowest BCUT2D eigenvalue weighted by Gasteiger charge is -2.16. The van der Waals surface area contributed by atoms with Crippen molar-refractivity contribution in [2.75, 3.05) is 11.9 Å². The average Bonchev–Trinajstić information content (AvgIpc) is 3.28. The van der Waals surface area contributed by atoms with Crippen LogP contribution >= 0.6 is 0 Å². The molecule has 0 radical (unpaired) electrons. The number of aliphatic hydroxyl groups is 2. The average molecular weight is 446 g/mol. The van der Waals surface area contributed by atoms with Gasteiger partial charge in [0.1, 0.15) is 24.6 Å². The van der Waals surface area contributed by atoms with Crippen molar-refractivity contribution in [3.8, 4) is 12.3 Å². The Morgan fingerprint density at radius 2 is 2.10 bits per heavy atom. The molecule has 31 heavy (non-hydrogen) atoms. The third kappa shape index (κ3) is 4.35. The molecule has 12 nitrogen and oxygen atoms in total. The normalized spacial score (nSPS) is 23.7. The monoisotopic (exact) mass is 446 g/mol. The minimum Gasteiger partial charge on any atom is -0.387 e. The van der Waals surface area contributed by atoms with Crippen molar-refractivity contribution < 1.29 is 27.6 Å². The number of imidazole rings is 1. The molecule has 162 valence electrons. The molecule has 4 rings (SSSR count). The van der Waals surface area contributed by atoms with E-state index in [1.54, 1.807) is 18.2 Å². The summed E-state index contributed by atoms with van der Waals surface area (Å²) in [7, 11) is -4.23. The molecule has 1 saturated heterocycles. The van der Waals surface area contributed by atoms with Gasteiger partial charge in [0.25, 0.3) is 0 Å². The molecule has 0 spiro atoms. The van der Waals surface area contributed by atoms with Gasteiger partial charge in [0.2, 0.25) is 0 Å². The molecule has 1 aromatic carbocycles. The largest absolute Gasteiger partial charge is 0.387 e. The zero-order chi connectivity index (χ0) is 22.2. The summed E-state index contributed by atoms with van der Waals surface area (Å²) in [6.07, 6.45) is 3.04. The highest BCUT2D eigenvalue weighted by Crippen LogP contribution is 2.33. The van der Waals surface area contributed by atoms with Gasteiger partial charge in [0, 0.05) is 11.3 Å². The fourth-order valence-electron chi connectivity index (χ4n) is 3.21. The number of aromatic nitrogens is 4. The first kappa shape index (κ1) is 21.1. The molecule has 0 bridgehead atoms. The Hall–Kier alpha value is -3.12. The Morgan fingerprint density at radius 3 is 2.84 bits per heavy atom. The molecular formula is C18H18N6O6S. The summed E-state index contributed by atoms with van der Waals surface area (Å²) in [4.78, 5) is 12.7. The van der Waals surface area contributed by atoms with Gasteiger partial charge in [-0.2, -0.15) is 8.42 Å². The SMILES string of the molecule is C#Cc1cccc(Nc2ncnc3c2ncn3C2OC(COS(N)(=O)=O)C(O)C2O)c1. The van der Waals surface area contributed by atoms with Gasteiger partial charge in [-0.1, -0.05) is 12.0 Å². The zero-order valence-corrected chi connectivity index (χ0v) is 16.7. The fourth-order valence-corrected chi connectivity index (χ4v) is 3.54. The van der Waals surface area contributed by atoms with Gasteiger partial charge >= 0.3 is 10.3 Å². The first-order valence-electron chi connectivity index (χ1n) is 8.97. The van der Waals surface area contributed by atoms with Crippen LogP contribution in [0.4, 0.5) is 11.5 Å². The van der Waals surface area contributed by atoms with Crippen molar-refractivity contribution in [1.82, 2.24) is 19.5 Å². The van der Waals surface area contributed by atoms with E-state index in [2.05, 4.69) is 30.4 Å². The smallest absolute Gasteiger partial charge is 0.333 e. The summed E-state index contributed by atoms with van der Waals surface area (Å²) in [6.45, 7) is -0.562. The lowest BCUT2D eigenvalue weighted by atomic mass is 10.1. The maximum absolute atomic E-state index is 11.0. The van der Waals surface area contributed by atoms with Crippen LogP contribution in [0.1, 0.15) is 11.8 Å². The number of nitrogens with one attached hydrogen (secondary N) is 1. The van der Waals surface area contributed by atoms with Gasteiger partial charge in [-0.25, -0.2) is 20.1 Å². The molecule has 5 N–H and O–H groups in total. The highest BCUT2D eigenvalue weighted by molar-refractivity contribution is 7.84. The maximum Gasteiger partial charge on any atom is 0.333 e. The predicted octanol–water partition coefficient (Wildman–Crippen LogP) is -0.609. The molecule has 13 heteroatoms. The van der Waals surface area contributed by atoms with E-state index >= 15 is 0 Å². The summed E-state index contributed by atoms with van der Waals surface area (Å²) < 4.78 is 33.5. The maximum atomic E-state index is 11.0. The van der Waals surface area contributed by atoms with Crippen molar-refractivity contribution in [2.24, 2.45) is 5.14 Å². The first-order valence-corrected chi connectivity index (χ1v) is 10.4. The van der Waals surface area contributed by atoms with Crippen LogP contribution in [0, 0.1) is 12.3 Å². The van der Waals surface area contributed by atoms with E-state index in [4.69, 9.17) is 16.3 Å². The van der Waals surface area contributed by atoms with Gasteiger partial charge < -0.3 is 20.3 Å². The molecule has 2 aromatic heterocycles. The second kappa shape index (κ2) is 8.19. The number of rotatable bonds is 6. The number of anilines is 2. The topological polar surface area (TPSA) is 175 Å². The minimum atomic E-state index is -4.23. The molecule has 4 unspecified atom stereocenters. The summed E-state index contributed by atoms with van der Waals surface area (Å²) >= 11 is 0. The first-order chi connectivity index (χ1) is 14.8. The van der Waals surface area contributed by atoms with Gasteiger partial charge in [-0.05, 0) is 18.2 Å². The number of aliphatic hydroxyl groups excluding tert-OH is 2. The molecule has 3 aromatic rings.